The minimum Gasteiger partial charge on any atom is -0.396 e. The van der Waals surface area contributed by atoms with E-state index < -0.39 is 35.4 Å². The molecule has 0 aliphatic rings. The lowest BCUT2D eigenvalue weighted by molar-refractivity contribution is 0.327. The number of hydrogen-bond acceptors (Lipinski definition) is 1. The highest BCUT2D eigenvalue weighted by Gasteiger charge is 2.18. The normalized spacial score (nSPS) is 10.5. The molecule has 1 nitrogen and oxygen atoms in total. The SMILES string of the molecule is OC[CH]c1c(F)c(F)cc(F)c1F. The standard InChI is InChI=1S/C8H5F4O/c9-5-3-6(10)8(12)4(1-2-13)7(5)11/h1,3,13H,2H2. The zero-order chi connectivity index (χ0) is 10.0. The summed E-state index contributed by atoms with van der Waals surface area (Å²) in [5, 5.41) is 8.32. The molecular weight excluding hydrogens is 188 g/mol. The van der Waals surface area contributed by atoms with E-state index in [-0.39, 0.29) is 6.07 Å². The fourth-order valence-electron chi connectivity index (χ4n) is 0.862. The molecular formula is C8H5F4O. The Labute approximate surface area is 71.6 Å². The van der Waals surface area contributed by atoms with Crippen LogP contribution in [-0.2, 0) is 0 Å². The largest absolute Gasteiger partial charge is 0.396 e. The Bertz CT molecular complexity index is 298. The van der Waals surface area contributed by atoms with Crippen LogP contribution >= 0.6 is 0 Å². The molecule has 0 atom stereocenters. The van der Waals surface area contributed by atoms with Crippen molar-refractivity contribution in [3.63, 3.8) is 0 Å². The number of hydrogen-bond donors (Lipinski definition) is 1. The summed E-state index contributed by atoms with van der Waals surface area (Å²) in [5.41, 5.74) is -0.889. The third-order valence-corrected chi connectivity index (χ3v) is 1.44. The van der Waals surface area contributed by atoms with Gasteiger partial charge in [-0.3, -0.25) is 0 Å². The Balaban J connectivity index is 3.28. The van der Waals surface area contributed by atoms with Crippen molar-refractivity contribution in [2.75, 3.05) is 6.61 Å². The van der Waals surface area contributed by atoms with Crippen LogP contribution in [0.5, 0.6) is 0 Å². The van der Waals surface area contributed by atoms with Crippen molar-refractivity contribution in [1.82, 2.24) is 0 Å². The van der Waals surface area contributed by atoms with Gasteiger partial charge in [0.05, 0.1) is 6.61 Å². The van der Waals surface area contributed by atoms with Crippen LogP contribution in [0.3, 0.4) is 0 Å². The Hall–Kier alpha value is -1.10. The van der Waals surface area contributed by atoms with Crippen molar-refractivity contribution < 1.29 is 22.7 Å². The number of aliphatic hydroxyl groups excluding tert-OH is 1. The highest BCUT2D eigenvalue weighted by Crippen LogP contribution is 2.20. The van der Waals surface area contributed by atoms with Crippen molar-refractivity contribution in [2.24, 2.45) is 0 Å². The molecule has 1 N–H and O–H groups in total. The summed E-state index contributed by atoms with van der Waals surface area (Å²) in [5.74, 6) is -5.99. The summed E-state index contributed by atoms with van der Waals surface area (Å²) >= 11 is 0. The first-order valence-electron chi connectivity index (χ1n) is 3.35. The van der Waals surface area contributed by atoms with Gasteiger partial charge in [-0.1, -0.05) is 0 Å². The van der Waals surface area contributed by atoms with Crippen LogP contribution in [-0.4, -0.2) is 11.7 Å². The average molecular weight is 193 g/mol. The van der Waals surface area contributed by atoms with Crippen LogP contribution in [0.2, 0.25) is 0 Å². The van der Waals surface area contributed by atoms with Crippen LogP contribution < -0.4 is 0 Å². The second-order valence-corrected chi connectivity index (χ2v) is 2.27. The van der Waals surface area contributed by atoms with E-state index in [9.17, 15) is 17.6 Å². The molecule has 1 aromatic rings. The molecule has 0 heterocycles. The number of rotatable bonds is 2. The lowest BCUT2D eigenvalue weighted by atomic mass is 10.1. The van der Waals surface area contributed by atoms with E-state index >= 15 is 0 Å². The monoisotopic (exact) mass is 193 g/mol. The second kappa shape index (κ2) is 3.74. The summed E-state index contributed by atoms with van der Waals surface area (Å²) in [6.07, 6.45) is 0.650. The second-order valence-electron chi connectivity index (χ2n) is 2.27. The van der Waals surface area contributed by atoms with E-state index in [1.807, 2.05) is 0 Å². The molecule has 0 unspecified atom stereocenters. The van der Waals surface area contributed by atoms with Gasteiger partial charge < -0.3 is 5.11 Å². The van der Waals surface area contributed by atoms with E-state index in [4.69, 9.17) is 5.11 Å². The van der Waals surface area contributed by atoms with Crippen molar-refractivity contribution in [2.45, 2.75) is 0 Å². The van der Waals surface area contributed by atoms with Crippen molar-refractivity contribution in [3.8, 4) is 0 Å². The van der Waals surface area contributed by atoms with Gasteiger partial charge in [-0.25, -0.2) is 17.6 Å². The Kier molecular flexibility index (Phi) is 2.87. The Morgan fingerprint density at radius 1 is 1.08 bits per heavy atom. The fourth-order valence-corrected chi connectivity index (χ4v) is 0.862. The molecule has 1 aromatic carbocycles. The maximum atomic E-state index is 12.7. The third kappa shape index (κ3) is 1.80. The molecule has 0 aromatic heterocycles. The molecule has 1 rings (SSSR count). The van der Waals surface area contributed by atoms with Crippen LogP contribution in [0.4, 0.5) is 17.6 Å². The predicted octanol–water partition coefficient (Wildman–Crippen LogP) is 1.79. The summed E-state index contributed by atoms with van der Waals surface area (Å²) in [4.78, 5) is 0. The smallest absolute Gasteiger partial charge is 0.165 e. The van der Waals surface area contributed by atoms with Crippen molar-refractivity contribution in [1.29, 1.82) is 0 Å². The molecule has 0 spiro atoms. The number of halogens is 4. The van der Waals surface area contributed by atoms with Gasteiger partial charge in [-0.2, -0.15) is 0 Å². The molecule has 0 amide bonds. The summed E-state index contributed by atoms with van der Waals surface area (Å²) < 4.78 is 50.3. The lowest BCUT2D eigenvalue weighted by Gasteiger charge is -2.03. The van der Waals surface area contributed by atoms with Gasteiger partial charge >= 0.3 is 0 Å². The molecule has 1 radical (unpaired) electrons. The maximum Gasteiger partial charge on any atom is 0.165 e. The van der Waals surface area contributed by atoms with E-state index in [1.165, 1.54) is 0 Å². The molecule has 0 aliphatic heterocycles. The quantitative estimate of drug-likeness (QED) is 0.560. The highest BCUT2D eigenvalue weighted by molar-refractivity contribution is 5.28. The van der Waals surface area contributed by atoms with Gasteiger partial charge in [-0.05, 0) is 0 Å². The summed E-state index contributed by atoms with van der Waals surface area (Å²) in [6, 6.07) is 0.110. The fraction of sp³-hybridized carbons (Fsp3) is 0.125. The van der Waals surface area contributed by atoms with Gasteiger partial charge in [0.25, 0.3) is 0 Å². The predicted molar refractivity (Wildman–Crippen MR) is 36.8 cm³/mol. The van der Waals surface area contributed by atoms with Gasteiger partial charge in [0.1, 0.15) is 0 Å². The average Bonchev–Trinajstić information content (AvgIpc) is 2.09. The molecule has 0 bridgehead atoms. The molecule has 0 aliphatic carbocycles. The lowest BCUT2D eigenvalue weighted by Crippen LogP contribution is -2.02. The van der Waals surface area contributed by atoms with Crippen molar-refractivity contribution >= 4 is 0 Å². The van der Waals surface area contributed by atoms with Crippen LogP contribution in [0.1, 0.15) is 5.56 Å². The molecule has 5 heteroatoms. The van der Waals surface area contributed by atoms with Crippen molar-refractivity contribution in [3.05, 3.63) is 41.3 Å². The van der Waals surface area contributed by atoms with Gasteiger partial charge in [0, 0.05) is 18.1 Å². The molecule has 13 heavy (non-hydrogen) atoms. The Morgan fingerprint density at radius 2 is 1.54 bits per heavy atom. The number of aliphatic hydroxyl groups is 1. The van der Waals surface area contributed by atoms with E-state index in [0.29, 0.717) is 6.42 Å². The molecule has 71 valence electrons. The van der Waals surface area contributed by atoms with Gasteiger partial charge in [0.15, 0.2) is 23.3 Å². The minimum absolute atomic E-state index is 0.110. The Morgan fingerprint density at radius 3 is 1.92 bits per heavy atom. The van der Waals surface area contributed by atoms with Crippen LogP contribution in [0.25, 0.3) is 0 Å². The maximum absolute atomic E-state index is 12.7. The summed E-state index contributed by atoms with van der Waals surface area (Å²) in [6.45, 7) is -0.698. The molecule has 0 saturated heterocycles. The topological polar surface area (TPSA) is 20.2 Å². The zero-order valence-electron chi connectivity index (χ0n) is 6.32. The van der Waals surface area contributed by atoms with Gasteiger partial charge in [-0.15, -0.1) is 0 Å². The van der Waals surface area contributed by atoms with Crippen LogP contribution in [0, 0.1) is 29.7 Å². The highest BCUT2D eigenvalue weighted by atomic mass is 19.2. The zero-order valence-corrected chi connectivity index (χ0v) is 6.32. The summed E-state index contributed by atoms with van der Waals surface area (Å²) in [7, 11) is 0. The first kappa shape index (κ1) is 9.98. The van der Waals surface area contributed by atoms with Crippen LogP contribution in [0.15, 0.2) is 6.07 Å². The molecule has 0 saturated carbocycles. The van der Waals surface area contributed by atoms with E-state index in [2.05, 4.69) is 0 Å². The minimum atomic E-state index is -1.51. The third-order valence-electron chi connectivity index (χ3n) is 1.44. The number of benzene rings is 1. The first-order chi connectivity index (χ1) is 6.07. The molecule has 0 fully saturated rings. The first-order valence-corrected chi connectivity index (χ1v) is 3.35. The van der Waals surface area contributed by atoms with E-state index in [1.54, 1.807) is 0 Å². The van der Waals surface area contributed by atoms with Gasteiger partial charge in [0.2, 0.25) is 0 Å². The van der Waals surface area contributed by atoms with E-state index in [0.717, 1.165) is 0 Å².